The highest BCUT2D eigenvalue weighted by Gasteiger charge is 2.15. The van der Waals surface area contributed by atoms with Crippen LogP contribution >= 0.6 is 27.7 Å². The van der Waals surface area contributed by atoms with Gasteiger partial charge in [-0.15, -0.1) is 11.8 Å². The van der Waals surface area contributed by atoms with E-state index in [2.05, 4.69) is 41.5 Å². The van der Waals surface area contributed by atoms with Crippen LogP contribution in [0, 0.1) is 0 Å². The molecule has 7 nitrogen and oxygen atoms in total. The first-order valence-corrected chi connectivity index (χ1v) is 10.3. The number of carbonyl (C=O) groups is 1. The number of halogens is 1. The van der Waals surface area contributed by atoms with Crippen molar-refractivity contribution >= 4 is 56.9 Å². The Kier molecular flexibility index (Phi) is 6.83. The molecule has 2 aromatic carbocycles. The van der Waals surface area contributed by atoms with Gasteiger partial charge in [0.05, 0.1) is 11.0 Å². The number of anilines is 4. The molecule has 1 heterocycles. The van der Waals surface area contributed by atoms with Crippen LogP contribution < -0.4 is 16.4 Å². The molecule has 4 N–H and O–H groups in total. The van der Waals surface area contributed by atoms with Crippen LogP contribution in [-0.4, -0.2) is 26.1 Å². The van der Waals surface area contributed by atoms with Gasteiger partial charge >= 0.3 is 0 Å². The molecule has 0 saturated heterocycles. The van der Waals surface area contributed by atoms with Gasteiger partial charge in [0.25, 0.3) is 0 Å². The van der Waals surface area contributed by atoms with E-state index >= 15 is 0 Å². The molecule has 28 heavy (non-hydrogen) atoms. The lowest BCUT2D eigenvalue weighted by atomic mass is 10.3. The number of para-hydroxylation sites is 1. The van der Waals surface area contributed by atoms with E-state index < -0.39 is 0 Å². The van der Waals surface area contributed by atoms with Crippen LogP contribution in [-0.2, 0) is 10.5 Å². The number of thioether (sulfide) groups is 1. The molecule has 0 fully saturated rings. The van der Waals surface area contributed by atoms with Gasteiger partial charge in [0.2, 0.25) is 17.8 Å². The molecule has 1 amide bonds. The number of aromatic nitrogens is 3. The molecule has 0 aliphatic heterocycles. The fraction of sp³-hybridized carbons (Fsp3) is 0.158. The Hall–Kier alpha value is -2.65. The minimum atomic E-state index is -0.289. The zero-order valence-corrected chi connectivity index (χ0v) is 17.5. The van der Waals surface area contributed by atoms with E-state index in [0.717, 1.165) is 15.8 Å². The van der Waals surface area contributed by atoms with Crippen molar-refractivity contribution in [1.29, 1.82) is 0 Å². The Morgan fingerprint density at radius 3 is 2.61 bits per heavy atom. The Bertz CT molecular complexity index is 956. The Morgan fingerprint density at radius 2 is 1.86 bits per heavy atom. The van der Waals surface area contributed by atoms with Gasteiger partial charge < -0.3 is 16.4 Å². The van der Waals surface area contributed by atoms with E-state index in [1.165, 1.54) is 11.8 Å². The maximum Gasteiger partial charge on any atom is 0.237 e. The molecule has 0 bridgehead atoms. The lowest BCUT2D eigenvalue weighted by Gasteiger charge is -2.12. The van der Waals surface area contributed by atoms with Crippen molar-refractivity contribution in [1.82, 2.24) is 15.0 Å². The highest BCUT2D eigenvalue weighted by molar-refractivity contribution is 9.10. The summed E-state index contributed by atoms with van der Waals surface area (Å²) in [5, 5.41) is 5.70. The molecule has 9 heteroatoms. The van der Waals surface area contributed by atoms with Crippen LogP contribution in [0.4, 0.5) is 23.3 Å². The third kappa shape index (κ3) is 5.93. The number of nitrogens with one attached hydrogen (secondary N) is 2. The highest BCUT2D eigenvalue weighted by Crippen LogP contribution is 2.21. The summed E-state index contributed by atoms with van der Waals surface area (Å²) in [6.07, 6.45) is 0. The lowest BCUT2D eigenvalue weighted by molar-refractivity contribution is -0.115. The van der Waals surface area contributed by atoms with Gasteiger partial charge in [-0.3, -0.25) is 4.79 Å². The molecule has 144 valence electrons. The summed E-state index contributed by atoms with van der Waals surface area (Å²) < 4.78 is 0.907. The lowest BCUT2D eigenvalue weighted by Crippen LogP contribution is -2.22. The number of nitrogens with zero attached hydrogens (tertiary/aromatic N) is 3. The van der Waals surface area contributed by atoms with Gasteiger partial charge in [-0.2, -0.15) is 15.0 Å². The predicted octanol–water partition coefficient (Wildman–Crippen LogP) is 4.22. The number of amides is 1. The molecule has 1 aromatic heterocycles. The molecule has 0 aliphatic carbocycles. The Labute approximate surface area is 175 Å². The second kappa shape index (κ2) is 9.52. The number of hydrogen-bond acceptors (Lipinski definition) is 7. The quantitative estimate of drug-likeness (QED) is 0.486. The van der Waals surface area contributed by atoms with E-state index in [9.17, 15) is 4.79 Å². The summed E-state index contributed by atoms with van der Waals surface area (Å²) in [7, 11) is 0. The van der Waals surface area contributed by atoms with Crippen molar-refractivity contribution in [2.75, 3.05) is 16.4 Å². The summed E-state index contributed by atoms with van der Waals surface area (Å²) in [5.74, 6) is 1.37. The Balaban J connectivity index is 1.59. The second-order valence-corrected chi connectivity index (χ2v) is 8.12. The minimum absolute atomic E-state index is 0.0900. The fourth-order valence-corrected chi connectivity index (χ4v) is 3.43. The van der Waals surface area contributed by atoms with Gasteiger partial charge in [-0.1, -0.05) is 40.2 Å². The van der Waals surface area contributed by atoms with E-state index in [1.807, 2.05) is 61.5 Å². The summed E-state index contributed by atoms with van der Waals surface area (Å²) in [4.78, 5) is 25.0. The molecular weight excluding hydrogens is 440 g/mol. The first kappa shape index (κ1) is 20.1. The Morgan fingerprint density at radius 1 is 1.11 bits per heavy atom. The number of hydrogen-bond donors (Lipinski definition) is 3. The molecule has 0 spiro atoms. The molecular formula is C19H19BrN6OS. The maximum atomic E-state index is 12.4. The molecule has 3 rings (SSSR count). The van der Waals surface area contributed by atoms with Crippen LogP contribution in [0.5, 0.6) is 0 Å². The summed E-state index contributed by atoms with van der Waals surface area (Å²) in [6.45, 7) is 1.84. The van der Waals surface area contributed by atoms with Crippen molar-refractivity contribution in [3.8, 4) is 0 Å². The van der Waals surface area contributed by atoms with Crippen molar-refractivity contribution < 1.29 is 4.79 Å². The average Bonchev–Trinajstić information content (AvgIpc) is 2.66. The monoisotopic (exact) mass is 458 g/mol. The maximum absolute atomic E-state index is 12.4. The molecule has 1 atom stereocenters. The van der Waals surface area contributed by atoms with E-state index in [-0.39, 0.29) is 17.1 Å². The summed E-state index contributed by atoms with van der Waals surface area (Å²) in [5.41, 5.74) is 7.40. The summed E-state index contributed by atoms with van der Waals surface area (Å²) in [6, 6.07) is 17.0. The van der Waals surface area contributed by atoms with Crippen molar-refractivity contribution in [3.63, 3.8) is 0 Å². The van der Waals surface area contributed by atoms with Crippen LogP contribution in [0.25, 0.3) is 0 Å². The third-order valence-electron chi connectivity index (χ3n) is 3.65. The van der Waals surface area contributed by atoms with E-state index in [4.69, 9.17) is 5.73 Å². The molecule has 0 radical (unpaired) electrons. The van der Waals surface area contributed by atoms with Crippen molar-refractivity contribution in [2.45, 2.75) is 17.9 Å². The van der Waals surface area contributed by atoms with Crippen LogP contribution in [0.15, 0.2) is 59.1 Å². The minimum Gasteiger partial charge on any atom is -0.368 e. The molecule has 0 unspecified atom stereocenters. The van der Waals surface area contributed by atoms with Gasteiger partial charge in [-0.05, 0) is 37.3 Å². The standard InChI is InChI=1S/C19H19BrN6OS/c1-12(17(27)22-15-9-5-6-13(20)10-15)28-11-16-24-18(21)26-19(25-16)23-14-7-3-2-4-8-14/h2-10,12H,11H2,1H3,(H,22,27)(H3,21,23,24,25,26)/t12-/m0/s1. The molecule has 3 aromatic rings. The molecule has 0 aliphatic rings. The van der Waals surface area contributed by atoms with Crippen molar-refractivity contribution in [2.24, 2.45) is 0 Å². The van der Waals surface area contributed by atoms with Gasteiger partial charge in [0, 0.05) is 15.8 Å². The van der Waals surface area contributed by atoms with Crippen molar-refractivity contribution in [3.05, 3.63) is 64.9 Å². The fourth-order valence-electron chi connectivity index (χ4n) is 2.29. The zero-order valence-electron chi connectivity index (χ0n) is 15.1. The highest BCUT2D eigenvalue weighted by atomic mass is 79.9. The number of rotatable bonds is 7. The topological polar surface area (TPSA) is 106 Å². The number of benzene rings is 2. The van der Waals surface area contributed by atoms with Gasteiger partial charge in [0.1, 0.15) is 5.82 Å². The van der Waals surface area contributed by atoms with Crippen LogP contribution in [0.3, 0.4) is 0 Å². The average molecular weight is 459 g/mol. The number of nitrogen functional groups attached to an aromatic ring is 1. The normalized spacial score (nSPS) is 11.6. The molecule has 0 saturated carbocycles. The summed E-state index contributed by atoms with van der Waals surface area (Å²) >= 11 is 4.82. The van der Waals surface area contributed by atoms with Crippen LogP contribution in [0.1, 0.15) is 12.7 Å². The first-order valence-electron chi connectivity index (χ1n) is 8.50. The number of nitrogens with two attached hydrogens (primary N) is 1. The predicted molar refractivity (Wildman–Crippen MR) is 117 cm³/mol. The zero-order chi connectivity index (χ0) is 19.9. The third-order valence-corrected chi connectivity index (χ3v) is 5.28. The van der Waals surface area contributed by atoms with Crippen LogP contribution in [0.2, 0.25) is 0 Å². The smallest absolute Gasteiger partial charge is 0.237 e. The van der Waals surface area contributed by atoms with E-state index in [0.29, 0.717) is 17.5 Å². The van der Waals surface area contributed by atoms with Gasteiger partial charge in [-0.25, -0.2) is 0 Å². The second-order valence-electron chi connectivity index (χ2n) is 5.88. The SMILES string of the molecule is C[C@H](SCc1nc(N)nc(Nc2ccccc2)n1)C(=O)Nc1cccc(Br)c1. The largest absolute Gasteiger partial charge is 0.368 e. The first-order chi connectivity index (χ1) is 13.5. The van der Waals surface area contributed by atoms with Gasteiger partial charge in [0.15, 0.2) is 0 Å². The number of carbonyl (C=O) groups excluding carboxylic acids is 1. The van der Waals surface area contributed by atoms with E-state index in [1.54, 1.807) is 0 Å².